The zero-order valence-corrected chi connectivity index (χ0v) is 13.0. The van der Waals surface area contributed by atoms with E-state index in [9.17, 15) is 13.6 Å². The first-order chi connectivity index (χ1) is 9.56. The van der Waals surface area contributed by atoms with Gasteiger partial charge in [0.1, 0.15) is 6.04 Å². The van der Waals surface area contributed by atoms with Crippen molar-refractivity contribution in [2.24, 2.45) is 0 Å². The average Bonchev–Trinajstić information content (AvgIpc) is 2.38. The van der Waals surface area contributed by atoms with Crippen LogP contribution in [0.2, 0.25) is 0 Å². The van der Waals surface area contributed by atoms with Crippen molar-refractivity contribution in [1.29, 1.82) is 0 Å². The van der Waals surface area contributed by atoms with E-state index >= 15 is 0 Å². The van der Waals surface area contributed by atoms with Crippen molar-refractivity contribution in [2.45, 2.75) is 29.7 Å². The third kappa shape index (κ3) is 5.43. The number of hydrogen-bond acceptors (Lipinski definition) is 4. The van der Waals surface area contributed by atoms with Crippen LogP contribution in [0.5, 0.6) is 0 Å². The molecule has 0 saturated carbocycles. The number of alkyl halides is 2. The summed E-state index contributed by atoms with van der Waals surface area (Å²) in [6, 6.07) is 5.98. The van der Waals surface area contributed by atoms with Gasteiger partial charge in [-0.05, 0) is 25.1 Å². The second kappa shape index (κ2) is 8.53. The van der Waals surface area contributed by atoms with Crippen LogP contribution in [0.15, 0.2) is 29.2 Å². The van der Waals surface area contributed by atoms with E-state index in [1.54, 1.807) is 18.2 Å². The maximum atomic E-state index is 12.3. The highest BCUT2D eigenvalue weighted by Gasteiger charge is 2.28. The molecule has 2 atom stereocenters. The first kappa shape index (κ1) is 18.2. The van der Waals surface area contributed by atoms with Gasteiger partial charge in [-0.1, -0.05) is 17.8 Å². The number of thioether (sulfide) groups is 1. The summed E-state index contributed by atoms with van der Waals surface area (Å²) < 4.78 is 30.0. The minimum Gasteiger partial charge on any atom is -0.375 e. The highest BCUT2D eigenvalue weighted by atomic mass is 35.5. The summed E-state index contributed by atoms with van der Waals surface area (Å²) in [5, 5.41) is 5.79. The molecule has 21 heavy (non-hydrogen) atoms. The van der Waals surface area contributed by atoms with Gasteiger partial charge in [-0.15, -0.1) is 12.4 Å². The fourth-order valence-electron chi connectivity index (χ4n) is 2.00. The predicted molar refractivity (Wildman–Crippen MR) is 81.4 cm³/mol. The molecule has 1 aliphatic rings. The molecule has 0 unspecified atom stereocenters. The van der Waals surface area contributed by atoms with Crippen molar-refractivity contribution in [2.75, 3.05) is 18.5 Å². The zero-order chi connectivity index (χ0) is 14.5. The first-order valence-corrected chi connectivity index (χ1v) is 7.15. The number of benzene rings is 1. The van der Waals surface area contributed by atoms with E-state index in [-0.39, 0.29) is 24.4 Å². The number of rotatable bonds is 4. The Morgan fingerprint density at radius 1 is 1.52 bits per heavy atom. The molecule has 0 radical (unpaired) electrons. The van der Waals surface area contributed by atoms with Crippen LogP contribution >= 0.6 is 24.2 Å². The lowest BCUT2D eigenvalue weighted by Gasteiger charge is -2.29. The largest absolute Gasteiger partial charge is 0.375 e. The fourth-order valence-corrected chi connectivity index (χ4v) is 2.56. The average molecular weight is 339 g/mol. The third-order valence-corrected chi connectivity index (χ3v) is 3.63. The predicted octanol–water partition coefficient (Wildman–Crippen LogP) is 2.74. The quantitative estimate of drug-likeness (QED) is 0.829. The van der Waals surface area contributed by atoms with Crippen LogP contribution in [0.25, 0.3) is 0 Å². The maximum Gasteiger partial charge on any atom is 0.288 e. The second-order valence-corrected chi connectivity index (χ2v) is 5.47. The van der Waals surface area contributed by atoms with Crippen LogP contribution in [0, 0.1) is 0 Å². The summed E-state index contributed by atoms with van der Waals surface area (Å²) in [5.74, 6) is -2.70. The van der Waals surface area contributed by atoms with Crippen molar-refractivity contribution in [3.8, 4) is 0 Å². The number of morpholine rings is 1. The lowest BCUT2D eigenvalue weighted by atomic mass is 10.1. The van der Waals surface area contributed by atoms with Crippen LogP contribution < -0.4 is 10.6 Å². The molecule has 1 saturated heterocycles. The normalized spacial score (nSPS) is 21.7. The Morgan fingerprint density at radius 3 is 2.95 bits per heavy atom. The molecule has 1 aromatic carbocycles. The van der Waals surface area contributed by atoms with Crippen molar-refractivity contribution in [1.82, 2.24) is 5.32 Å². The van der Waals surface area contributed by atoms with Crippen molar-refractivity contribution in [3.05, 3.63) is 24.3 Å². The van der Waals surface area contributed by atoms with Gasteiger partial charge in [0.25, 0.3) is 5.76 Å². The number of carbonyl (C=O) groups is 1. The molecule has 1 aliphatic heterocycles. The van der Waals surface area contributed by atoms with Crippen LogP contribution in [-0.4, -0.2) is 37.0 Å². The summed E-state index contributed by atoms with van der Waals surface area (Å²) in [5.41, 5.74) is 0.500. The molecule has 0 aliphatic carbocycles. The van der Waals surface area contributed by atoms with Gasteiger partial charge >= 0.3 is 0 Å². The summed E-state index contributed by atoms with van der Waals surface area (Å²) in [4.78, 5) is 12.5. The van der Waals surface area contributed by atoms with E-state index in [1.165, 1.54) is 6.07 Å². The Bertz CT molecular complexity index is 479. The number of nitrogens with one attached hydrogen (secondary N) is 2. The Kier molecular flexibility index (Phi) is 7.37. The second-order valence-electron chi connectivity index (χ2n) is 4.40. The van der Waals surface area contributed by atoms with Crippen molar-refractivity contribution in [3.63, 3.8) is 0 Å². The van der Waals surface area contributed by atoms with Gasteiger partial charge in [-0.2, -0.15) is 8.78 Å². The van der Waals surface area contributed by atoms with Crippen LogP contribution in [0.3, 0.4) is 0 Å². The Balaban J connectivity index is 0.00000220. The maximum absolute atomic E-state index is 12.3. The van der Waals surface area contributed by atoms with Gasteiger partial charge in [0.15, 0.2) is 0 Å². The van der Waals surface area contributed by atoms with E-state index in [0.29, 0.717) is 35.5 Å². The molecule has 4 nitrogen and oxygen atoms in total. The molecule has 1 fully saturated rings. The van der Waals surface area contributed by atoms with Gasteiger partial charge in [0.2, 0.25) is 5.91 Å². The lowest BCUT2D eigenvalue weighted by molar-refractivity contribution is -0.123. The Morgan fingerprint density at radius 2 is 2.29 bits per heavy atom. The summed E-state index contributed by atoms with van der Waals surface area (Å²) in [7, 11) is 0. The molecule has 2 rings (SSSR count). The molecular weight excluding hydrogens is 322 g/mol. The Labute approximate surface area is 132 Å². The molecule has 0 spiro atoms. The van der Waals surface area contributed by atoms with E-state index in [4.69, 9.17) is 4.74 Å². The van der Waals surface area contributed by atoms with Crippen LogP contribution in [-0.2, 0) is 9.53 Å². The smallest absolute Gasteiger partial charge is 0.288 e. The fraction of sp³-hybridized carbons (Fsp3) is 0.462. The van der Waals surface area contributed by atoms with Gasteiger partial charge in [-0.25, -0.2) is 0 Å². The summed E-state index contributed by atoms with van der Waals surface area (Å²) in [6.07, 6.45) is -0.220. The monoisotopic (exact) mass is 338 g/mol. The van der Waals surface area contributed by atoms with E-state index in [1.807, 2.05) is 6.92 Å². The highest BCUT2D eigenvalue weighted by Crippen LogP contribution is 2.27. The highest BCUT2D eigenvalue weighted by molar-refractivity contribution is 7.99. The number of hydrogen-bond donors (Lipinski definition) is 2. The molecule has 2 N–H and O–H groups in total. The van der Waals surface area contributed by atoms with E-state index < -0.39 is 11.8 Å². The van der Waals surface area contributed by atoms with Gasteiger partial charge < -0.3 is 15.4 Å². The Hall–Kier alpha value is -0.890. The van der Waals surface area contributed by atoms with E-state index in [0.717, 1.165) is 0 Å². The molecule has 8 heteroatoms. The van der Waals surface area contributed by atoms with Gasteiger partial charge in [-0.3, -0.25) is 4.79 Å². The first-order valence-electron chi connectivity index (χ1n) is 6.27. The minimum atomic E-state index is -2.48. The number of amides is 1. The number of halogens is 3. The minimum absolute atomic E-state index is 0. The summed E-state index contributed by atoms with van der Waals surface area (Å²) in [6.45, 7) is 3.01. The molecule has 1 amide bonds. The SMILES string of the molecule is C[C@H]1OCCN[C@@H]1C(=O)Nc1cccc(SC(F)F)c1.Cl. The van der Waals surface area contributed by atoms with Crippen molar-refractivity contribution >= 4 is 35.8 Å². The third-order valence-electron chi connectivity index (χ3n) is 2.93. The topological polar surface area (TPSA) is 50.4 Å². The lowest BCUT2D eigenvalue weighted by Crippen LogP contribution is -2.53. The molecular formula is C13H17ClF2N2O2S. The molecule has 1 aromatic rings. The van der Waals surface area contributed by atoms with Crippen LogP contribution in [0.4, 0.5) is 14.5 Å². The molecule has 118 valence electrons. The number of carbonyl (C=O) groups excluding carboxylic acids is 1. The number of anilines is 1. The van der Waals surface area contributed by atoms with Crippen LogP contribution in [0.1, 0.15) is 6.92 Å². The molecule has 0 aromatic heterocycles. The van der Waals surface area contributed by atoms with Gasteiger partial charge in [0.05, 0.1) is 12.7 Å². The number of ether oxygens (including phenoxy) is 1. The molecule has 1 heterocycles. The standard InChI is InChI=1S/C13H16F2N2O2S.ClH/c1-8-11(16-5-6-19-8)12(18)17-9-3-2-4-10(7-9)20-13(14)15;/h2-4,7-8,11,13,16H,5-6H2,1H3,(H,17,18);1H/t8-,11+;/m1./s1. The van der Waals surface area contributed by atoms with Crippen molar-refractivity contribution < 1.29 is 18.3 Å². The zero-order valence-electron chi connectivity index (χ0n) is 11.3. The molecule has 0 bridgehead atoms. The summed E-state index contributed by atoms with van der Waals surface area (Å²) >= 11 is 0.451. The van der Waals surface area contributed by atoms with E-state index in [2.05, 4.69) is 10.6 Å². The van der Waals surface area contributed by atoms with Gasteiger partial charge in [0, 0.05) is 17.1 Å².